The second kappa shape index (κ2) is 5.60. The summed E-state index contributed by atoms with van der Waals surface area (Å²) in [5.74, 6) is -1.50. The van der Waals surface area contributed by atoms with Crippen molar-refractivity contribution in [3.63, 3.8) is 0 Å². The molecule has 0 aromatic heterocycles. The summed E-state index contributed by atoms with van der Waals surface area (Å²) in [5.41, 5.74) is 0. The Hall–Kier alpha value is -0.0951. The van der Waals surface area contributed by atoms with Crippen LogP contribution in [0.1, 0.15) is 26.7 Å². The highest BCUT2D eigenvalue weighted by Gasteiger charge is 2.19. The average molecular weight is 188 g/mol. The summed E-state index contributed by atoms with van der Waals surface area (Å²) >= 11 is 0. The summed E-state index contributed by atoms with van der Waals surface area (Å²) < 4.78 is 5.04. The molecule has 5 heteroatoms. The standard InChI is InChI=1S/C5H9BO2.C3H8O2/c6-5-2-1-4(3-7)8-5;1-3(2,4)5/h4-5,7H,1-3H2;4-5H,1-2H3/t4-,5?;/m0./s1. The molecule has 0 aromatic carbocycles. The highest BCUT2D eigenvalue weighted by molar-refractivity contribution is 6.11. The number of hydrogen-bond acceptors (Lipinski definition) is 4. The van der Waals surface area contributed by atoms with Crippen LogP contribution in [0.4, 0.5) is 0 Å². The van der Waals surface area contributed by atoms with E-state index >= 15 is 0 Å². The van der Waals surface area contributed by atoms with Crippen molar-refractivity contribution in [2.75, 3.05) is 6.61 Å². The molecule has 0 aliphatic carbocycles. The van der Waals surface area contributed by atoms with E-state index in [2.05, 4.69) is 0 Å². The Kier molecular flexibility index (Phi) is 5.56. The second-order valence-corrected chi connectivity index (χ2v) is 3.55. The van der Waals surface area contributed by atoms with Crippen molar-refractivity contribution in [2.45, 2.75) is 44.6 Å². The molecule has 1 aliphatic heterocycles. The summed E-state index contributed by atoms with van der Waals surface area (Å²) in [6, 6.07) is -0.132. The van der Waals surface area contributed by atoms with E-state index in [9.17, 15) is 0 Å². The van der Waals surface area contributed by atoms with E-state index in [1.54, 1.807) is 0 Å². The van der Waals surface area contributed by atoms with Crippen LogP contribution < -0.4 is 0 Å². The van der Waals surface area contributed by atoms with Gasteiger partial charge in [-0.15, -0.1) is 0 Å². The lowest BCUT2D eigenvalue weighted by Gasteiger charge is -2.05. The lowest BCUT2D eigenvalue weighted by atomic mass is 9.97. The minimum absolute atomic E-state index is 0.00463. The predicted octanol–water partition coefficient (Wildman–Crippen LogP) is -0.641. The van der Waals surface area contributed by atoms with Crippen LogP contribution in [0.3, 0.4) is 0 Å². The summed E-state index contributed by atoms with van der Waals surface area (Å²) in [5, 5.41) is 24.7. The van der Waals surface area contributed by atoms with Crippen LogP contribution in [0.15, 0.2) is 0 Å². The zero-order valence-corrected chi connectivity index (χ0v) is 8.10. The maximum Gasteiger partial charge on any atom is 0.156 e. The van der Waals surface area contributed by atoms with Gasteiger partial charge in [-0.1, -0.05) is 0 Å². The van der Waals surface area contributed by atoms with Crippen LogP contribution in [0, 0.1) is 0 Å². The summed E-state index contributed by atoms with van der Waals surface area (Å²) in [4.78, 5) is 0. The maximum absolute atomic E-state index is 8.50. The molecule has 0 amide bonds. The number of rotatable bonds is 1. The molecular weight excluding hydrogens is 171 g/mol. The molecule has 4 nitrogen and oxygen atoms in total. The molecule has 0 saturated carbocycles. The minimum Gasteiger partial charge on any atom is -0.394 e. The molecule has 76 valence electrons. The van der Waals surface area contributed by atoms with Gasteiger partial charge in [0.2, 0.25) is 0 Å². The van der Waals surface area contributed by atoms with E-state index in [4.69, 9.17) is 27.9 Å². The van der Waals surface area contributed by atoms with Gasteiger partial charge in [0.15, 0.2) is 5.79 Å². The third-order valence-electron chi connectivity index (χ3n) is 1.34. The topological polar surface area (TPSA) is 69.9 Å². The molecule has 1 saturated heterocycles. The molecule has 13 heavy (non-hydrogen) atoms. The summed E-state index contributed by atoms with van der Waals surface area (Å²) in [6.45, 7) is 2.70. The van der Waals surface area contributed by atoms with Crippen molar-refractivity contribution in [1.29, 1.82) is 0 Å². The Morgan fingerprint density at radius 2 is 1.85 bits per heavy atom. The first-order valence-electron chi connectivity index (χ1n) is 4.29. The number of hydrogen-bond donors (Lipinski definition) is 3. The van der Waals surface area contributed by atoms with E-state index in [0.29, 0.717) is 0 Å². The molecule has 1 heterocycles. The fraction of sp³-hybridized carbons (Fsp3) is 1.00. The monoisotopic (exact) mass is 188 g/mol. The first-order valence-corrected chi connectivity index (χ1v) is 4.29. The van der Waals surface area contributed by atoms with Crippen molar-refractivity contribution in [1.82, 2.24) is 0 Å². The Morgan fingerprint density at radius 1 is 1.38 bits per heavy atom. The van der Waals surface area contributed by atoms with Gasteiger partial charge in [-0.05, 0) is 26.7 Å². The molecular formula is C8H17BO4. The Labute approximate surface area is 79.9 Å². The third kappa shape index (κ3) is 9.82. The molecule has 1 rings (SSSR count). The smallest absolute Gasteiger partial charge is 0.156 e. The fourth-order valence-electron chi connectivity index (χ4n) is 0.868. The lowest BCUT2D eigenvalue weighted by molar-refractivity contribution is -0.127. The quantitative estimate of drug-likeness (QED) is 0.378. The molecule has 1 unspecified atom stereocenters. The van der Waals surface area contributed by atoms with E-state index in [0.717, 1.165) is 12.8 Å². The normalized spacial score (nSPS) is 28.1. The van der Waals surface area contributed by atoms with E-state index in [1.165, 1.54) is 13.8 Å². The molecule has 3 N–H and O–H groups in total. The highest BCUT2D eigenvalue weighted by atomic mass is 16.5. The van der Waals surface area contributed by atoms with Crippen LogP contribution in [0.5, 0.6) is 0 Å². The van der Waals surface area contributed by atoms with Crippen molar-refractivity contribution >= 4 is 7.85 Å². The van der Waals surface area contributed by atoms with E-state index in [-0.39, 0.29) is 18.7 Å². The fourth-order valence-corrected chi connectivity index (χ4v) is 0.868. The zero-order valence-electron chi connectivity index (χ0n) is 8.10. The van der Waals surface area contributed by atoms with Crippen LogP contribution in [-0.2, 0) is 4.74 Å². The zero-order chi connectivity index (χ0) is 10.5. The molecule has 2 atom stereocenters. The van der Waals surface area contributed by atoms with Crippen molar-refractivity contribution in [3.05, 3.63) is 0 Å². The minimum atomic E-state index is -1.50. The van der Waals surface area contributed by atoms with Crippen LogP contribution in [0.2, 0.25) is 0 Å². The van der Waals surface area contributed by atoms with Gasteiger partial charge < -0.3 is 20.1 Å². The largest absolute Gasteiger partial charge is 0.394 e. The van der Waals surface area contributed by atoms with Crippen LogP contribution in [-0.4, -0.2) is 47.7 Å². The average Bonchev–Trinajstić information content (AvgIpc) is 2.31. The van der Waals surface area contributed by atoms with Gasteiger partial charge in [-0.2, -0.15) is 0 Å². The first kappa shape index (κ1) is 12.9. The number of aliphatic hydroxyl groups excluding tert-OH is 1. The Bertz CT molecular complexity index is 129. The van der Waals surface area contributed by atoms with Gasteiger partial charge in [0.05, 0.1) is 12.7 Å². The summed E-state index contributed by atoms with van der Waals surface area (Å²) in [7, 11) is 5.37. The van der Waals surface area contributed by atoms with Gasteiger partial charge in [-0.3, -0.25) is 0 Å². The molecule has 0 bridgehead atoms. The van der Waals surface area contributed by atoms with E-state index < -0.39 is 5.79 Å². The van der Waals surface area contributed by atoms with Crippen LogP contribution >= 0.6 is 0 Å². The third-order valence-corrected chi connectivity index (χ3v) is 1.34. The SMILES string of the molecule is CC(C)(O)O.[B]C1CC[C@@H](CO)O1. The molecule has 0 spiro atoms. The van der Waals surface area contributed by atoms with Gasteiger partial charge in [-0.25, -0.2) is 0 Å². The number of aliphatic hydroxyl groups is 3. The van der Waals surface area contributed by atoms with Gasteiger partial charge >= 0.3 is 0 Å². The van der Waals surface area contributed by atoms with Gasteiger partial charge in [0.25, 0.3) is 0 Å². The molecule has 1 aliphatic rings. The maximum atomic E-state index is 8.50. The first-order chi connectivity index (χ1) is 5.83. The predicted molar refractivity (Wildman–Crippen MR) is 49.3 cm³/mol. The molecule has 0 aromatic rings. The van der Waals surface area contributed by atoms with Crippen molar-refractivity contribution in [2.24, 2.45) is 0 Å². The van der Waals surface area contributed by atoms with Crippen molar-refractivity contribution in [3.8, 4) is 0 Å². The van der Waals surface area contributed by atoms with Gasteiger partial charge in [0.1, 0.15) is 7.85 Å². The Balaban J connectivity index is 0.000000252. The summed E-state index contributed by atoms with van der Waals surface area (Å²) in [6.07, 6.45) is 1.79. The van der Waals surface area contributed by atoms with Crippen molar-refractivity contribution < 1.29 is 20.1 Å². The highest BCUT2D eigenvalue weighted by Crippen LogP contribution is 2.15. The van der Waals surface area contributed by atoms with E-state index in [1.807, 2.05) is 0 Å². The van der Waals surface area contributed by atoms with Gasteiger partial charge in [0, 0.05) is 6.00 Å². The second-order valence-electron chi connectivity index (χ2n) is 3.55. The van der Waals surface area contributed by atoms with Crippen LogP contribution in [0.25, 0.3) is 0 Å². The lowest BCUT2D eigenvalue weighted by Crippen LogP contribution is -2.15. The molecule has 1 fully saturated rings. The number of ether oxygens (including phenoxy) is 1. The molecule has 2 radical (unpaired) electrons. The Morgan fingerprint density at radius 3 is 2.00 bits per heavy atom.